The molecule has 6 heteroatoms. The van der Waals surface area contributed by atoms with E-state index in [9.17, 15) is 4.79 Å². The summed E-state index contributed by atoms with van der Waals surface area (Å²) in [4.78, 5) is 18.1. The highest BCUT2D eigenvalue weighted by Gasteiger charge is 2.08. The number of nitrogens with one attached hydrogen (secondary N) is 1. The number of aromatic nitrogens is 4. The normalized spacial score (nSPS) is 10.5. The number of carboxylic acids is 1. The summed E-state index contributed by atoms with van der Waals surface area (Å²) in [6, 6.07) is 0. The van der Waals surface area contributed by atoms with Gasteiger partial charge in [0.2, 0.25) is 0 Å². The second-order valence-corrected chi connectivity index (χ2v) is 2.53. The van der Waals surface area contributed by atoms with Gasteiger partial charge in [-0.3, -0.25) is 9.89 Å². The molecule has 2 rings (SSSR count). The Hall–Kier alpha value is -1.98. The van der Waals surface area contributed by atoms with Crippen molar-refractivity contribution in [3.05, 3.63) is 18.2 Å². The summed E-state index contributed by atoms with van der Waals surface area (Å²) in [7, 11) is 0. The van der Waals surface area contributed by atoms with Gasteiger partial charge in [0, 0.05) is 6.20 Å². The fourth-order valence-electron chi connectivity index (χ4n) is 1.09. The number of carbonyl (C=O) groups is 1. The van der Waals surface area contributed by atoms with Crippen molar-refractivity contribution in [2.45, 2.75) is 6.42 Å². The van der Waals surface area contributed by atoms with Gasteiger partial charge in [0.1, 0.15) is 6.33 Å². The Morgan fingerprint density at radius 2 is 2.46 bits per heavy atom. The third-order valence-corrected chi connectivity index (χ3v) is 1.64. The molecule has 0 spiro atoms. The quantitative estimate of drug-likeness (QED) is 0.674. The van der Waals surface area contributed by atoms with Gasteiger partial charge in [0.15, 0.2) is 5.65 Å². The molecule has 0 aliphatic heterocycles. The molecule has 2 N–H and O–H groups in total. The predicted molar refractivity (Wildman–Crippen MR) is 43.0 cm³/mol. The van der Waals surface area contributed by atoms with E-state index < -0.39 is 5.97 Å². The predicted octanol–water partition coefficient (Wildman–Crippen LogP) is -0.0200. The van der Waals surface area contributed by atoms with Gasteiger partial charge in [0.05, 0.1) is 17.5 Å². The van der Waals surface area contributed by atoms with Crippen molar-refractivity contribution in [2.24, 2.45) is 0 Å². The third kappa shape index (κ3) is 1.33. The van der Waals surface area contributed by atoms with Crippen molar-refractivity contribution in [2.75, 3.05) is 0 Å². The average molecular weight is 178 g/mol. The van der Waals surface area contributed by atoms with Crippen LogP contribution in [0, 0.1) is 0 Å². The zero-order valence-electron chi connectivity index (χ0n) is 6.56. The fraction of sp³-hybridized carbons (Fsp3) is 0.143. The largest absolute Gasteiger partial charge is 0.481 e. The molecule has 2 aromatic rings. The molecule has 6 nitrogen and oxygen atoms in total. The lowest BCUT2D eigenvalue weighted by Gasteiger charge is -1.90. The lowest BCUT2D eigenvalue weighted by molar-refractivity contribution is -0.136. The summed E-state index contributed by atoms with van der Waals surface area (Å²) < 4.78 is 0. The average Bonchev–Trinajstić information content (AvgIpc) is 2.48. The van der Waals surface area contributed by atoms with Crippen LogP contribution >= 0.6 is 0 Å². The van der Waals surface area contributed by atoms with E-state index in [0.29, 0.717) is 16.7 Å². The molecule has 13 heavy (non-hydrogen) atoms. The van der Waals surface area contributed by atoms with Crippen LogP contribution in [0.4, 0.5) is 0 Å². The first-order valence-corrected chi connectivity index (χ1v) is 3.62. The van der Waals surface area contributed by atoms with Crippen molar-refractivity contribution >= 4 is 17.0 Å². The highest BCUT2D eigenvalue weighted by Crippen LogP contribution is 2.11. The van der Waals surface area contributed by atoms with Gasteiger partial charge in [0.25, 0.3) is 0 Å². The van der Waals surface area contributed by atoms with Crippen LogP contribution in [0.15, 0.2) is 12.5 Å². The highest BCUT2D eigenvalue weighted by atomic mass is 16.4. The van der Waals surface area contributed by atoms with Gasteiger partial charge in [-0.25, -0.2) is 9.97 Å². The van der Waals surface area contributed by atoms with Crippen molar-refractivity contribution in [3.63, 3.8) is 0 Å². The molecule has 0 unspecified atom stereocenters. The molecule has 2 heterocycles. The van der Waals surface area contributed by atoms with E-state index in [1.165, 1.54) is 6.33 Å². The number of H-pyrrole nitrogens is 1. The highest BCUT2D eigenvalue weighted by molar-refractivity contribution is 5.81. The number of carboxylic acid groups (broad SMARTS) is 1. The molecule has 2 aromatic heterocycles. The topological polar surface area (TPSA) is 91.8 Å². The Morgan fingerprint density at radius 3 is 3.23 bits per heavy atom. The maximum absolute atomic E-state index is 10.4. The molecule has 0 amide bonds. The van der Waals surface area contributed by atoms with Crippen molar-refractivity contribution in [1.82, 2.24) is 20.2 Å². The van der Waals surface area contributed by atoms with Gasteiger partial charge >= 0.3 is 5.97 Å². The maximum Gasteiger partial charge on any atom is 0.309 e. The van der Waals surface area contributed by atoms with Crippen molar-refractivity contribution in [3.8, 4) is 0 Å². The Labute approximate surface area is 72.6 Å². The minimum absolute atomic E-state index is 0.0934. The molecule has 0 bridgehead atoms. The number of aliphatic carboxylic acids is 1. The summed E-state index contributed by atoms with van der Waals surface area (Å²) in [6.45, 7) is 0. The van der Waals surface area contributed by atoms with E-state index in [1.807, 2.05) is 0 Å². The summed E-state index contributed by atoms with van der Waals surface area (Å²) in [5.41, 5.74) is 1.02. The van der Waals surface area contributed by atoms with Crippen LogP contribution in [0.25, 0.3) is 11.0 Å². The summed E-state index contributed by atoms with van der Waals surface area (Å²) >= 11 is 0. The number of nitrogens with zero attached hydrogens (tertiary/aromatic N) is 3. The second-order valence-electron chi connectivity index (χ2n) is 2.53. The van der Waals surface area contributed by atoms with Crippen LogP contribution < -0.4 is 0 Å². The first-order chi connectivity index (χ1) is 6.27. The van der Waals surface area contributed by atoms with E-state index >= 15 is 0 Å². The zero-order chi connectivity index (χ0) is 9.26. The molecule has 0 aliphatic rings. The van der Waals surface area contributed by atoms with E-state index in [4.69, 9.17) is 5.11 Å². The monoisotopic (exact) mass is 178 g/mol. The number of fused-ring (bicyclic) bond motifs is 1. The molecule has 0 saturated carbocycles. The summed E-state index contributed by atoms with van der Waals surface area (Å²) in [6.07, 6.45) is 2.82. The minimum atomic E-state index is -0.908. The van der Waals surface area contributed by atoms with Crippen molar-refractivity contribution in [1.29, 1.82) is 0 Å². The molecule has 0 aliphatic carbocycles. The molecule has 0 radical (unpaired) electrons. The number of hydrogen-bond acceptors (Lipinski definition) is 4. The number of hydrogen-bond donors (Lipinski definition) is 2. The van der Waals surface area contributed by atoms with Crippen LogP contribution in [-0.2, 0) is 11.2 Å². The molecular formula is C7H6N4O2. The third-order valence-electron chi connectivity index (χ3n) is 1.64. The Bertz CT molecular complexity index is 450. The van der Waals surface area contributed by atoms with Crippen LogP contribution in [-0.4, -0.2) is 31.2 Å². The lowest BCUT2D eigenvalue weighted by atomic mass is 10.2. The van der Waals surface area contributed by atoms with E-state index in [-0.39, 0.29) is 6.42 Å². The van der Waals surface area contributed by atoms with Gasteiger partial charge in [-0.2, -0.15) is 5.10 Å². The molecule has 0 fully saturated rings. The number of aromatic amines is 1. The first-order valence-electron chi connectivity index (χ1n) is 3.62. The van der Waals surface area contributed by atoms with Gasteiger partial charge in [-0.15, -0.1) is 0 Å². The zero-order valence-corrected chi connectivity index (χ0v) is 6.56. The van der Waals surface area contributed by atoms with Crippen LogP contribution in [0.3, 0.4) is 0 Å². The Balaban J connectivity index is 2.51. The van der Waals surface area contributed by atoms with E-state index in [0.717, 1.165) is 0 Å². The van der Waals surface area contributed by atoms with Crippen molar-refractivity contribution < 1.29 is 9.90 Å². The first kappa shape index (κ1) is 7.66. The SMILES string of the molecule is O=C(O)Cc1[nH]nc2ncncc12. The van der Waals surface area contributed by atoms with E-state index in [1.54, 1.807) is 6.20 Å². The molecule has 66 valence electrons. The van der Waals surface area contributed by atoms with Crippen LogP contribution in [0.2, 0.25) is 0 Å². The van der Waals surface area contributed by atoms with Crippen LogP contribution in [0.5, 0.6) is 0 Å². The maximum atomic E-state index is 10.4. The van der Waals surface area contributed by atoms with Gasteiger partial charge < -0.3 is 5.11 Å². The molecular weight excluding hydrogens is 172 g/mol. The van der Waals surface area contributed by atoms with Gasteiger partial charge in [-0.05, 0) is 0 Å². The number of rotatable bonds is 2. The lowest BCUT2D eigenvalue weighted by Crippen LogP contribution is -2.00. The minimum Gasteiger partial charge on any atom is -0.481 e. The van der Waals surface area contributed by atoms with E-state index in [2.05, 4.69) is 20.2 Å². The molecule has 0 saturated heterocycles. The summed E-state index contributed by atoms with van der Waals surface area (Å²) in [5.74, 6) is -0.908. The Morgan fingerprint density at radius 1 is 1.62 bits per heavy atom. The molecule has 0 atom stereocenters. The fourth-order valence-corrected chi connectivity index (χ4v) is 1.09. The smallest absolute Gasteiger partial charge is 0.309 e. The molecule has 0 aromatic carbocycles. The Kier molecular flexibility index (Phi) is 1.66. The standard InChI is InChI=1S/C7H6N4O2/c12-6(13)1-5-4-2-8-3-9-7(4)11-10-5/h2-3H,1H2,(H,12,13)(H,8,9,10,11). The van der Waals surface area contributed by atoms with Crippen LogP contribution in [0.1, 0.15) is 5.69 Å². The van der Waals surface area contributed by atoms with Gasteiger partial charge in [-0.1, -0.05) is 0 Å². The summed E-state index contributed by atoms with van der Waals surface area (Å²) in [5, 5.41) is 15.7. The second kappa shape index (κ2) is 2.81.